The molecule has 1 heterocycles. The second-order valence-electron chi connectivity index (χ2n) is 6.86. The van der Waals surface area contributed by atoms with Gasteiger partial charge in [0.2, 0.25) is 11.8 Å². The van der Waals surface area contributed by atoms with E-state index in [1.807, 2.05) is 0 Å². The van der Waals surface area contributed by atoms with E-state index in [0.717, 1.165) is 12.8 Å². The van der Waals surface area contributed by atoms with Gasteiger partial charge < -0.3 is 0 Å². The van der Waals surface area contributed by atoms with Crippen LogP contribution in [0.4, 0.5) is 5.69 Å². The van der Waals surface area contributed by atoms with Crippen molar-refractivity contribution in [1.82, 2.24) is 0 Å². The van der Waals surface area contributed by atoms with Crippen LogP contribution in [0.2, 0.25) is 10.0 Å². The maximum absolute atomic E-state index is 12.9. The SMILES string of the molecule is O=C1[C@@H]2[C@@H](C(=O)N1c1cc(Cl)cc(Cl)c1)[C@H]1C=C[C@H]2C12CC2. The Bertz CT molecular complexity index is 714. The average molecular weight is 334 g/mol. The Kier molecular flexibility index (Phi) is 2.36. The Balaban J connectivity index is 1.59. The molecule has 2 saturated carbocycles. The standard InChI is InChI=1S/C17H13Cl2NO2/c18-8-5-9(19)7-10(6-8)20-15(21)13-11-1-2-12(14(13)16(20)22)17(11)3-4-17/h1-2,5-7,11-14H,3-4H2/t11-,12-,13+,14+/m1/s1. The summed E-state index contributed by atoms with van der Waals surface area (Å²) in [6, 6.07) is 4.86. The third kappa shape index (κ3) is 1.40. The van der Waals surface area contributed by atoms with Gasteiger partial charge in [0.05, 0.1) is 17.5 Å². The fraction of sp³-hybridized carbons (Fsp3) is 0.412. The van der Waals surface area contributed by atoms with E-state index >= 15 is 0 Å². The third-order valence-electron chi connectivity index (χ3n) is 5.96. The largest absolute Gasteiger partial charge is 0.274 e. The van der Waals surface area contributed by atoms with Crippen LogP contribution >= 0.6 is 23.2 Å². The molecule has 3 nitrogen and oxygen atoms in total. The summed E-state index contributed by atoms with van der Waals surface area (Å²) < 4.78 is 0. The van der Waals surface area contributed by atoms with Gasteiger partial charge in [0.15, 0.2) is 0 Å². The normalized spacial score (nSPS) is 36.5. The van der Waals surface area contributed by atoms with E-state index in [9.17, 15) is 9.59 Å². The van der Waals surface area contributed by atoms with Crippen molar-refractivity contribution in [3.8, 4) is 0 Å². The van der Waals surface area contributed by atoms with Crippen LogP contribution in [0.25, 0.3) is 0 Å². The lowest BCUT2D eigenvalue weighted by atomic mass is 9.85. The van der Waals surface area contributed by atoms with E-state index in [2.05, 4.69) is 12.2 Å². The third-order valence-corrected chi connectivity index (χ3v) is 6.39. The molecule has 22 heavy (non-hydrogen) atoms. The molecule has 1 aromatic rings. The van der Waals surface area contributed by atoms with Crippen LogP contribution in [0.5, 0.6) is 0 Å². The Hall–Kier alpha value is -1.32. The van der Waals surface area contributed by atoms with E-state index < -0.39 is 0 Å². The lowest BCUT2D eigenvalue weighted by Gasteiger charge is -2.22. The highest BCUT2D eigenvalue weighted by Gasteiger charge is 2.73. The Morgan fingerprint density at radius 3 is 1.86 bits per heavy atom. The summed E-state index contributed by atoms with van der Waals surface area (Å²) in [4.78, 5) is 27.1. The minimum absolute atomic E-state index is 0.0866. The van der Waals surface area contributed by atoms with Crippen molar-refractivity contribution in [2.45, 2.75) is 12.8 Å². The van der Waals surface area contributed by atoms with Gasteiger partial charge in [-0.05, 0) is 48.3 Å². The summed E-state index contributed by atoms with van der Waals surface area (Å²) in [5.41, 5.74) is 0.713. The number of fused-ring (bicyclic) bond motifs is 3. The maximum Gasteiger partial charge on any atom is 0.238 e. The predicted molar refractivity (Wildman–Crippen MR) is 83.7 cm³/mol. The van der Waals surface area contributed by atoms with Crippen LogP contribution < -0.4 is 4.90 Å². The van der Waals surface area contributed by atoms with Crippen molar-refractivity contribution < 1.29 is 9.59 Å². The molecule has 1 spiro atoms. The van der Waals surface area contributed by atoms with Crippen LogP contribution in [0.3, 0.4) is 0 Å². The molecule has 112 valence electrons. The Morgan fingerprint density at radius 1 is 0.909 bits per heavy atom. The number of imide groups is 1. The summed E-state index contributed by atoms with van der Waals surface area (Å²) in [6.07, 6.45) is 6.62. The lowest BCUT2D eigenvalue weighted by molar-refractivity contribution is -0.123. The van der Waals surface area contributed by atoms with Crippen molar-refractivity contribution >= 4 is 40.7 Å². The molecule has 5 heteroatoms. The zero-order valence-electron chi connectivity index (χ0n) is 11.6. The number of hydrogen-bond donors (Lipinski definition) is 0. The number of anilines is 1. The number of benzene rings is 1. The molecule has 1 aromatic carbocycles. The second kappa shape index (κ2) is 3.95. The van der Waals surface area contributed by atoms with Gasteiger partial charge in [0.25, 0.3) is 0 Å². The number of carbonyl (C=O) groups excluding carboxylic acids is 2. The highest BCUT2D eigenvalue weighted by molar-refractivity contribution is 6.35. The molecule has 4 atom stereocenters. The number of nitrogens with zero attached hydrogens (tertiary/aromatic N) is 1. The molecule has 2 bridgehead atoms. The fourth-order valence-corrected chi connectivity index (χ4v) is 5.52. The summed E-state index contributed by atoms with van der Waals surface area (Å²) in [5.74, 6) is -0.0874. The van der Waals surface area contributed by atoms with Gasteiger partial charge in [-0.15, -0.1) is 0 Å². The summed E-state index contributed by atoms with van der Waals surface area (Å²) in [6.45, 7) is 0. The smallest absolute Gasteiger partial charge is 0.238 e. The van der Waals surface area contributed by atoms with E-state index in [1.165, 1.54) is 4.90 Å². The number of hydrogen-bond acceptors (Lipinski definition) is 2. The summed E-state index contributed by atoms with van der Waals surface area (Å²) in [7, 11) is 0. The van der Waals surface area contributed by atoms with Crippen molar-refractivity contribution in [2.24, 2.45) is 29.1 Å². The van der Waals surface area contributed by atoms with Crippen molar-refractivity contribution in [3.05, 3.63) is 40.4 Å². The average Bonchev–Trinajstić information content (AvgIpc) is 3.04. The minimum atomic E-state index is -0.192. The number of allylic oxidation sites excluding steroid dienone is 2. The minimum Gasteiger partial charge on any atom is -0.274 e. The van der Waals surface area contributed by atoms with Gasteiger partial charge in [0.1, 0.15) is 0 Å². The Labute approximate surface area is 137 Å². The van der Waals surface area contributed by atoms with E-state index in [4.69, 9.17) is 23.2 Å². The number of rotatable bonds is 1. The first-order chi connectivity index (χ1) is 10.5. The Morgan fingerprint density at radius 2 is 1.41 bits per heavy atom. The van der Waals surface area contributed by atoms with Crippen LogP contribution in [-0.4, -0.2) is 11.8 Å². The van der Waals surface area contributed by atoms with Crippen LogP contribution in [0.15, 0.2) is 30.4 Å². The zero-order chi connectivity index (χ0) is 15.2. The first-order valence-electron chi connectivity index (χ1n) is 7.55. The molecule has 0 aromatic heterocycles. The van der Waals surface area contributed by atoms with Crippen LogP contribution in [-0.2, 0) is 9.59 Å². The molecule has 1 aliphatic heterocycles. The molecule has 3 aliphatic carbocycles. The quantitative estimate of drug-likeness (QED) is 0.580. The fourth-order valence-electron chi connectivity index (χ4n) is 5.00. The van der Waals surface area contributed by atoms with Gasteiger partial charge in [-0.1, -0.05) is 35.4 Å². The second-order valence-corrected chi connectivity index (χ2v) is 7.73. The van der Waals surface area contributed by atoms with Crippen molar-refractivity contribution in [3.63, 3.8) is 0 Å². The summed E-state index contributed by atoms with van der Waals surface area (Å²) >= 11 is 12.0. The molecular weight excluding hydrogens is 321 g/mol. The molecule has 5 rings (SSSR count). The zero-order valence-corrected chi connectivity index (χ0v) is 13.1. The van der Waals surface area contributed by atoms with Crippen molar-refractivity contribution in [2.75, 3.05) is 4.90 Å². The monoisotopic (exact) mass is 333 g/mol. The molecule has 3 fully saturated rings. The van der Waals surface area contributed by atoms with Crippen LogP contribution in [0, 0.1) is 29.1 Å². The number of carbonyl (C=O) groups is 2. The van der Waals surface area contributed by atoms with Crippen LogP contribution in [0.1, 0.15) is 12.8 Å². The topological polar surface area (TPSA) is 37.4 Å². The van der Waals surface area contributed by atoms with Gasteiger partial charge >= 0.3 is 0 Å². The molecule has 4 aliphatic rings. The first kappa shape index (κ1) is 13.1. The highest BCUT2D eigenvalue weighted by atomic mass is 35.5. The first-order valence-corrected chi connectivity index (χ1v) is 8.31. The maximum atomic E-state index is 12.9. The highest BCUT2D eigenvalue weighted by Crippen LogP contribution is 2.73. The van der Waals surface area contributed by atoms with Gasteiger partial charge in [-0.25, -0.2) is 4.90 Å². The van der Waals surface area contributed by atoms with E-state index in [-0.39, 0.29) is 40.9 Å². The van der Waals surface area contributed by atoms with E-state index in [1.54, 1.807) is 18.2 Å². The molecule has 0 radical (unpaired) electrons. The molecule has 0 unspecified atom stereocenters. The lowest BCUT2D eigenvalue weighted by Crippen LogP contribution is -2.34. The van der Waals surface area contributed by atoms with Crippen molar-refractivity contribution in [1.29, 1.82) is 0 Å². The number of halogens is 2. The van der Waals surface area contributed by atoms with Gasteiger partial charge in [-0.3, -0.25) is 9.59 Å². The molecular formula is C17H13Cl2NO2. The summed E-state index contributed by atoms with van der Waals surface area (Å²) in [5, 5.41) is 0.861. The van der Waals surface area contributed by atoms with Gasteiger partial charge in [-0.2, -0.15) is 0 Å². The van der Waals surface area contributed by atoms with E-state index in [0.29, 0.717) is 15.7 Å². The van der Waals surface area contributed by atoms with Gasteiger partial charge in [0, 0.05) is 10.0 Å². The molecule has 0 N–H and O–H groups in total. The predicted octanol–water partition coefficient (Wildman–Crippen LogP) is 3.70. The number of amides is 2. The molecule has 2 amide bonds. The molecule has 1 saturated heterocycles.